The molecule has 0 unspecified atom stereocenters. The average molecular weight is 482 g/mol. The lowest BCUT2D eigenvalue weighted by Crippen LogP contribution is -2.42. The fourth-order valence-corrected chi connectivity index (χ4v) is 4.92. The highest BCUT2D eigenvalue weighted by atomic mass is 16.6. The van der Waals surface area contributed by atoms with E-state index in [0.29, 0.717) is 5.82 Å². The summed E-state index contributed by atoms with van der Waals surface area (Å²) in [5, 5.41) is 7.34. The monoisotopic (exact) mass is 481 g/mol. The maximum atomic E-state index is 12.1. The van der Waals surface area contributed by atoms with Gasteiger partial charge in [-0.1, -0.05) is 5.16 Å². The molecule has 1 aromatic carbocycles. The minimum atomic E-state index is -0.548. The standard InChI is InChI=1S/C26H35N5O4/c1-25(2,3)35-24(32)30-15-7-9-16(10-8-15)34-17-11-12-18-19(13-17)22(31-33-6)26(4,5)20-21(18)28-14-29-23(20)27/h11-16H,7-10H2,1-6H3,(H,30,32)(H2,27,28,29). The van der Waals surface area contributed by atoms with Crippen molar-refractivity contribution in [3.8, 4) is 17.0 Å². The molecule has 1 aromatic heterocycles. The van der Waals surface area contributed by atoms with E-state index in [4.69, 9.17) is 20.0 Å². The van der Waals surface area contributed by atoms with Crippen LogP contribution in [-0.4, -0.2) is 46.6 Å². The first-order valence-electron chi connectivity index (χ1n) is 12.0. The molecule has 1 amide bonds. The Morgan fingerprint density at radius 2 is 1.86 bits per heavy atom. The SMILES string of the molecule is CON=C1c2cc(OC3CCC(NC(=O)OC(C)(C)C)CC3)ccc2-c2ncnc(N)c2C1(C)C. The van der Waals surface area contributed by atoms with Crippen molar-refractivity contribution >= 4 is 17.6 Å². The topological polar surface area (TPSA) is 121 Å². The first-order valence-corrected chi connectivity index (χ1v) is 12.0. The van der Waals surface area contributed by atoms with Crippen LogP contribution < -0.4 is 15.8 Å². The first kappa shape index (κ1) is 24.8. The molecule has 2 aliphatic carbocycles. The van der Waals surface area contributed by atoms with Gasteiger partial charge in [-0.25, -0.2) is 14.8 Å². The summed E-state index contributed by atoms with van der Waals surface area (Å²) in [5.74, 6) is 1.20. The Kier molecular flexibility index (Phi) is 6.62. The second kappa shape index (κ2) is 9.36. The number of oxime groups is 1. The van der Waals surface area contributed by atoms with Gasteiger partial charge in [0.1, 0.15) is 30.6 Å². The van der Waals surface area contributed by atoms with Crippen LogP contribution in [0.1, 0.15) is 71.4 Å². The molecule has 9 heteroatoms. The molecule has 0 aliphatic heterocycles. The number of carbonyl (C=O) groups is 1. The number of amides is 1. The van der Waals surface area contributed by atoms with Crippen molar-refractivity contribution in [2.45, 2.75) is 83.5 Å². The minimum Gasteiger partial charge on any atom is -0.490 e. The van der Waals surface area contributed by atoms with Crippen molar-refractivity contribution in [2.24, 2.45) is 5.16 Å². The second-order valence-electron chi connectivity index (χ2n) is 10.7. The van der Waals surface area contributed by atoms with Crippen LogP contribution in [-0.2, 0) is 15.0 Å². The summed E-state index contributed by atoms with van der Waals surface area (Å²) in [6.07, 6.45) is 4.54. The van der Waals surface area contributed by atoms with E-state index < -0.39 is 11.0 Å². The zero-order chi connectivity index (χ0) is 25.4. The molecule has 2 aliphatic rings. The van der Waals surface area contributed by atoms with Gasteiger partial charge in [-0.2, -0.15) is 0 Å². The van der Waals surface area contributed by atoms with Gasteiger partial charge in [0.15, 0.2) is 0 Å². The predicted molar refractivity (Wildman–Crippen MR) is 134 cm³/mol. The first-order chi connectivity index (χ1) is 16.5. The smallest absolute Gasteiger partial charge is 0.407 e. The number of carbonyl (C=O) groups excluding carboxylic acids is 1. The number of hydrogen-bond acceptors (Lipinski definition) is 8. The number of nitrogens with zero attached hydrogens (tertiary/aromatic N) is 3. The number of anilines is 1. The lowest BCUT2D eigenvalue weighted by atomic mass is 9.70. The third kappa shape index (κ3) is 5.18. The zero-order valence-corrected chi connectivity index (χ0v) is 21.3. The van der Waals surface area contributed by atoms with Gasteiger partial charge in [0, 0.05) is 28.1 Å². The number of nitrogens with one attached hydrogen (secondary N) is 1. The molecule has 0 spiro atoms. The van der Waals surface area contributed by atoms with Gasteiger partial charge in [0.25, 0.3) is 0 Å². The number of aromatic nitrogens is 2. The number of rotatable bonds is 4. The molecule has 4 rings (SSSR count). The fraction of sp³-hybridized carbons (Fsp3) is 0.538. The van der Waals surface area contributed by atoms with Crippen molar-refractivity contribution in [1.82, 2.24) is 15.3 Å². The van der Waals surface area contributed by atoms with Gasteiger partial charge in [0.05, 0.1) is 17.5 Å². The molecule has 0 saturated heterocycles. The maximum Gasteiger partial charge on any atom is 0.407 e. The molecule has 9 nitrogen and oxygen atoms in total. The highest BCUT2D eigenvalue weighted by molar-refractivity contribution is 6.15. The molecule has 0 radical (unpaired) electrons. The summed E-state index contributed by atoms with van der Waals surface area (Å²) in [6, 6.07) is 6.04. The Hall–Kier alpha value is -3.36. The Labute approximate surface area is 206 Å². The van der Waals surface area contributed by atoms with Crippen LogP contribution in [0.4, 0.5) is 10.6 Å². The van der Waals surface area contributed by atoms with Crippen LogP contribution in [0, 0.1) is 0 Å². The summed E-state index contributed by atoms with van der Waals surface area (Å²) in [5.41, 5.74) is 9.41. The molecule has 0 atom stereocenters. The van der Waals surface area contributed by atoms with Gasteiger partial charge in [-0.05, 0) is 78.5 Å². The van der Waals surface area contributed by atoms with Crippen molar-refractivity contribution in [3.63, 3.8) is 0 Å². The van der Waals surface area contributed by atoms with Crippen LogP contribution in [0.15, 0.2) is 29.7 Å². The minimum absolute atomic E-state index is 0.0643. The molecule has 1 fully saturated rings. The molecule has 1 heterocycles. The van der Waals surface area contributed by atoms with Crippen LogP contribution >= 0.6 is 0 Å². The van der Waals surface area contributed by atoms with Crippen LogP contribution in [0.5, 0.6) is 5.75 Å². The Morgan fingerprint density at radius 1 is 1.14 bits per heavy atom. The lowest BCUT2D eigenvalue weighted by Gasteiger charge is -2.35. The number of nitrogen functional groups attached to an aromatic ring is 1. The number of alkyl carbamates (subject to hydrolysis) is 1. The van der Waals surface area contributed by atoms with Gasteiger partial charge in [-0.15, -0.1) is 0 Å². The van der Waals surface area contributed by atoms with Gasteiger partial charge >= 0.3 is 6.09 Å². The van der Waals surface area contributed by atoms with Crippen molar-refractivity contribution < 1.29 is 19.1 Å². The van der Waals surface area contributed by atoms with Crippen molar-refractivity contribution in [3.05, 3.63) is 35.7 Å². The second-order valence-corrected chi connectivity index (χ2v) is 10.7. The summed E-state index contributed by atoms with van der Waals surface area (Å²) in [7, 11) is 1.53. The van der Waals surface area contributed by atoms with Crippen LogP contribution in [0.2, 0.25) is 0 Å². The highest BCUT2D eigenvalue weighted by Gasteiger charge is 2.41. The molecule has 188 valence electrons. The van der Waals surface area contributed by atoms with Gasteiger partial charge in [0.2, 0.25) is 0 Å². The molecule has 35 heavy (non-hydrogen) atoms. The van der Waals surface area contributed by atoms with E-state index in [-0.39, 0.29) is 18.2 Å². The van der Waals surface area contributed by atoms with Gasteiger partial charge in [-0.3, -0.25) is 0 Å². The number of ether oxygens (including phenoxy) is 2. The average Bonchev–Trinajstić information content (AvgIpc) is 2.76. The molecular formula is C26H35N5O4. The van der Waals surface area contributed by atoms with E-state index in [1.54, 1.807) is 0 Å². The quantitative estimate of drug-likeness (QED) is 0.613. The number of fused-ring (bicyclic) bond motifs is 3. The van der Waals surface area contributed by atoms with E-state index >= 15 is 0 Å². The summed E-state index contributed by atoms with van der Waals surface area (Å²) in [4.78, 5) is 26.0. The van der Waals surface area contributed by atoms with Crippen LogP contribution in [0.25, 0.3) is 11.3 Å². The largest absolute Gasteiger partial charge is 0.490 e. The van der Waals surface area contributed by atoms with Crippen LogP contribution in [0.3, 0.4) is 0 Å². The summed E-state index contributed by atoms with van der Waals surface area (Å²) in [6.45, 7) is 9.67. The Balaban J connectivity index is 1.50. The summed E-state index contributed by atoms with van der Waals surface area (Å²) >= 11 is 0. The molecule has 3 N–H and O–H groups in total. The van der Waals surface area contributed by atoms with E-state index in [9.17, 15) is 4.79 Å². The third-order valence-corrected chi connectivity index (χ3v) is 6.48. The van der Waals surface area contributed by atoms with E-state index in [1.165, 1.54) is 13.4 Å². The van der Waals surface area contributed by atoms with E-state index in [0.717, 1.165) is 59.5 Å². The van der Waals surface area contributed by atoms with E-state index in [1.807, 2.05) is 52.8 Å². The number of benzene rings is 1. The van der Waals surface area contributed by atoms with Gasteiger partial charge < -0.3 is 25.4 Å². The third-order valence-electron chi connectivity index (χ3n) is 6.48. The molecular weight excluding hydrogens is 446 g/mol. The molecule has 0 bridgehead atoms. The lowest BCUT2D eigenvalue weighted by molar-refractivity contribution is 0.0471. The highest BCUT2D eigenvalue weighted by Crippen LogP contribution is 2.45. The summed E-state index contributed by atoms with van der Waals surface area (Å²) < 4.78 is 11.7. The van der Waals surface area contributed by atoms with E-state index in [2.05, 4.69) is 20.4 Å². The number of nitrogens with two attached hydrogens (primary N) is 1. The Bertz CT molecular complexity index is 1130. The zero-order valence-electron chi connectivity index (χ0n) is 21.3. The molecule has 2 aromatic rings. The van der Waals surface area contributed by atoms with Crippen molar-refractivity contribution in [1.29, 1.82) is 0 Å². The Morgan fingerprint density at radius 3 is 2.51 bits per heavy atom. The maximum absolute atomic E-state index is 12.1. The van der Waals surface area contributed by atoms with Crippen molar-refractivity contribution in [2.75, 3.05) is 12.8 Å². The normalized spacial score (nSPS) is 22.1. The molecule has 1 saturated carbocycles. The predicted octanol–water partition coefficient (Wildman–Crippen LogP) is 4.58. The fourth-order valence-electron chi connectivity index (χ4n) is 4.92. The number of hydrogen-bond donors (Lipinski definition) is 2.